The second-order valence-corrected chi connectivity index (χ2v) is 12.1. The summed E-state index contributed by atoms with van der Waals surface area (Å²) in [5.41, 5.74) is 0.142. The Hall–Kier alpha value is -4.48. The molecule has 0 saturated heterocycles. The summed E-state index contributed by atoms with van der Waals surface area (Å²) in [5, 5.41) is 0.803. The standard InChI is InChI=1S/C33H39F3N2O7/c1-9-22(17-18-38(29(39)43-31(3,4)5)45-30(40)44-32(6,7)8)24-11-10-12-26(19-24)41-20-27-21(2)42-28(37-27)23-13-15-25(16-14-23)33(34,35)36/h10-17,19H,9,18,20H2,1-8H3/b22-17-. The average Bonchev–Trinajstić information content (AvgIpc) is 3.29. The van der Waals surface area contributed by atoms with Gasteiger partial charge in [0.1, 0.15) is 35.0 Å². The first-order chi connectivity index (χ1) is 20.8. The van der Waals surface area contributed by atoms with Gasteiger partial charge in [-0.3, -0.25) is 4.84 Å². The summed E-state index contributed by atoms with van der Waals surface area (Å²) in [6.07, 6.45) is -4.00. The average molecular weight is 633 g/mol. The fraction of sp³-hybridized carbons (Fsp3) is 0.424. The Labute approximate surface area is 260 Å². The Bertz CT molecular complexity index is 1500. The predicted octanol–water partition coefficient (Wildman–Crippen LogP) is 9.15. The number of hydrogen-bond acceptors (Lipinski definition) is 8. The quantitative estimate of drug-likeness (QED) is 0.179. The van der Waals surface area contributed by atoms with Crippen molar-refractivity contribution in [3.05, 3.63) is 77.2 Å². The van der Waals surface area contributed by atoms with Crippen LogP contribution in [-0.4, -0.2) is 40.0 Å². The number of carbonyl (C=O) groups excluding carboxylic acids is 2. The van der Waals surface area contributed by atoms with E-state index in [-0.39, 0.29) is 19.0 Å². The van der Waals surface area contributed by atoms with Crippen LogP contribution in [0.3, 0.4) is 0 Å². The molecular weight excluding hydrogens is 593 g/mol. The number of carbonyl (C=O) groups is 2. The van der Waals surface area contributed by atoms with E-state index >= 15 is 0 Å². The van der Waals surface area contributed by atoms with Crippen LogP contribution in [0, 0.1) is 6.92 Å². The molecule has 45 heavy (non-hydrogen) atoms. The van der Waals surface area contributed by atoms with E-state index in [1.807, 2.05) is 19.1 Å². The molecule has 0 aliphatic rings. The van der Waals surface area contributed by atoms with Crippen LogP contribution in [0.5, 0.6) is 5.75 Å². The van der Waals surface area contributed by atoms with Crippen molar-refractivity contribution < 1.29 is 46.2 Å². The Kier molecular flexibility index (Phi) is 11.0. The van der Waals surface area contributed by atoms with Gasteiger partial charge in [-0.2, -0.15) is 13.2 Å². The number of rotatable bonds is 8. The molecule has 0 saturated carbocycles. The number of alkyl halides is 3. The molecule has 0 aliphatic carbocycles. The van der Waals surface area contributed by atoms with Gasteiger partial charge in [0.25, 0.3) is 0 Å². The van der Waals surface area contributed by atoms with Crippen LogP contribution in [0.15, 0.2) is 59.0 Å². The van der Waals surface area contributed by atoms with Crippen molar-refractivity contribution in [1.29, 1.82) is 0 Å². The fourth-order valence-electron chi connectivity index (χ4n) is 3.90. The SMILES string of the molecule is CC/C(=C/CN(OC(=O)OC(C)(C)C)C(=O)OC(C)(C)C)c1cccc(OCc2nc(-c3ccc(C(F)(F)F)cc3)oc2C)c1. The summed E-state index contributed by atoms with van der Waals surface area (Å²) in [4.78, 5) is 34.8. The van der Waals surface area contributed by atoms with E-state index in [1.54, 1.807) is 66.7 Å². The number of aromatic nitrogens is 1. The number of oxazole rings is 1. The van der Waals surface area contributed by atoms with Crippen molar-refractivity contribution in [3.63, 3.8) is 0 Å². The third-order valence-corrected chi connectivity index (χ3v) is 5.99. The van der Waals surface area contributed by atoms with Gasteiger partial charge < -0.3 is 18.6 Å². The summed E-state index contributed by atoms with van der Waals surface area (Å²) in [5.74, 6) is 1.19. The monoisotopic (exact) mass is 632 g/mol. The maximum absolute atomic E-state index is 12.9. The number of allylic oxidation sites excluding steroid dienone is 1. The van der Waals surface area contributed by atoms with E-state index in [1.165, 1.54) is 12.1 Å². The van der Waals surface area contributed by atoms with Gasteiger partial charge in [-0.1, -0.05) is 25.1 Å². The van der Waals surface area contributed by atoms with Crippen molar-refractivity contribution >= 4 is 17.8 Å². The minimum absolute atomic E-state index is 0.0563. The van der Waals surface area contributed by atoms with Gasteiger partial charge in [-0.15, -0.1) is 5.06 Å². The predicted molar refractivity (Wildman–Crippen MR) is 161 cm³/mol. The molecule has 0 unspecified atom stereocenters. The lowest BCUT2D eigenvalue weighted by Gasteiger charge is -2.26. The second-order valence-electron chi connectivity index (χ2n) is 12.1. The highest BCUT2D eigenvalue weighted by Crippen LogP contribution is 2.31. The van der Waals surface area contributed by atoms with E-state index in [4.69, 9.17) is 23.5 Å². The first kappa shape index (κ1) is 35.0. The van der Waals surface area contributed by atoms with Crippen LogP contribution in [-0.2, 0) is 27.1 Å². The lowest BCUT2D eigenvalue weighted by Crippen LogP contribution is -2.39. The topological polar surface area (TPSA) is 100 Å². The molecule has 3 rings (SSSR count). The summed E-state index contributed by atoms with van der Waals surface area (Å²) in [6, 6.07) is 11.8. The van der Waals surface area contributed by atoms with Gasteiger partial charge in [-0.25, -0.2) is 14.6 Å². The highest BCUT2D eigenvalue weighted by Gasteiger charge is 2.30. The zero-order valence-electron chi connectivity index (χ0n) is 26.7. The van der Waals surface area contributed by atoms with Gasteiger partial charge in [-0.05, 0) is 102 Å². The van der Waals surface area contributed by atoms with E-state index in [2.05, 4.69) is 4.98 Å². The van der Waals surface area contributed by atoms with Gasteiger partial charge in [0, 0.05) is 5.56 Å². The minimum atomic E-state index is -4.43. The molecule has 0 aliphatic heterocycles. The van der Waals surface area contributed by atoms with Crippen LogP contribution in [0.4, 0.5) is 22.8 Å². The Balaban J connectivity index is 1.74. The Morgan fingerprint density at radius 2 is 1.60 bits per heavy atom. The van der Waals surface area contributed by atoms with Crippen molar-refractivity contribution in [2.75, 3.05) is 6.54 Å². The maximum atomic E-state index is 12.9. The zero-order chi connectivity index (χ0) is 33.6. The summed E-state index contributed by atoms with van der Waals surface area (Å²) >= 11 is 0. The lowest BCUT2D eigenvalue weighted by molar-refractivity contribution is -0.137. The fourth-order valence-corrected chi connectivity index (χ4v) is 3.90. The molecule has 0 bridgehead atoms. The van der Waals surface area contributed by atoms with Gasteiger partial charge in [0.15, 0.2) is 0 Å². The molecule has 3 aromatic rings. The molecule has 9 nitrogen and oxygen atoms in total. The molecule has 0 fully saturated rings. The summed E-state index contributed by atoms with van der Waals surface area (Å²) in [6.45, 7) is 13.7. The third-order valence-electron chi connectivity index (χ3n) is 5.99. The van der Waals surface area contributed by atoms with Crippen molar-refractivity contribution in [1.82, 2.24) is 10.0 Å². The maximum Gasteiger partial charge on any atom is 0.534 e. The van der Waals surface area contributed by atoms with Gasteiger partial charge >= 0.3 is 18.4 Å². The number of nitrogens with zero attached hydrogens (tertiary/aromatic N) is 2. The third kappa shape index (κ3) is 10.9. The van der Waals surface area contributed by atoms with Gasteiger partial charge in [0.05, 0.1) is 12.1 Å². The second kappa shape index (κ2) is 14.1. The molecule has 0 atom stereocenters. The molecule has 2 aromatic carbocycles. The molecule has 244 valence electrons. The molecular formula is C33H39F3N2O7. The minimum Gasteiger partial charge on any atom is -0.487 e. The molecule has 0 spiro atoms. The highest BCUT2D eigenvalue weighted by atomic mass is 19.4. The molecule has 1 heterocycles. The van der Waals surface area contributed by atoms with E-state index < -0.39 is 35.2 Å². The first-order valence-corrected chi connectivity index (χ1v) is 14.3. The highest BCUT2D eigenvalue weighted by molar-refractivity contribution is 5.72. The first-order valence-electron chi connectivity index (χ1n) is 14.3. The largest absolute Gasteiger partial charge is 0.534 e. The zero-order valence-corrected chi connectivity index (χ0v) is 26.7. The van der Waals surface area contributed by atoms with Crippen molar-refractivity contribution in [2.24, 2.45) is 0 Å². The number of hydroxylamine groups is 2. The van der Waals surface area contributed by atoms with Crippen LogP contribution in [0.2, 0.25) is 0 Å². The van der Waals surface area contributed by atoms with Crippen LogP contribution >= 0.6 is 0 Å². The summed E-state index contributed by atoms with van der Waals surface area (Å²) < 4.78 is 61.0. The van der Waals surface area contributed by atoms with Gasteiger partial charge in [0.2, 0.25) is 5.89 Å². The number of halogens is 3. The van der Waals surface area contributed by atoms with E-state index in [9.17, 15) is 22.8 Å². The number of aryl methyl sites for hydroxylation is 1. The number of benzene rings is 2. The van der Waals surface area contributed by atoms with Crippen LogP contribution in [0.1, 0.15) is 77.5 Å². The Morgan fingerprint density at radius 3 is 2.18 bits per heavy atom. The number of hydrogen-bond donors (Lipinski definition) is 0. The van der Waals surface area contributed by atoms with Crippen molar-refractivity contribution in [2.45, 2.75) is 85.8 Å². The molecule has 0 N–H and O–H groups in total. The normalized spacial score (nSPS) is 12.5. The molecule has 0 radical (unpaired) electrons. The van der Waals surface area contributed by atoms with E-state index in [0.29, 0.717) is 29.2 Å². The van der Waals surface area contributed by atoms with Crippen LogP contribution in [0.25, 0.3) is 17.0 Å². The number of amides is 1. The number of ether oxygens (including phenoxy) is 3. The van der Waals surface area contributed by atoms with Crippen LogP contribution < -0.4 is 4.74 Å². The molecule has 1 amide bonds. The smallest absolute Gasteiger partial charge is 0.487 e. The van der Waals surface area contributed by atoms with Crippen molar-refractivity contribution in [3.8, 4) is 17.2 Å². The lowest BCUT2D eigenvalue weighted by atomic mass is 10.0. The van der Waals surface area contributed by atoms with E-state index in [0.717, 1.165) is 28.3 Å². The molecule has 1 aromatic heterocycles. The summed E-state index contributed by atoms with van der Waals surface area (Å²) in [7, 11) is 0. The molecule has 12 heteroatoms. The Morgan fingerprint density at radius 1 is 0.956 bits per heavy atom.